The van der Waals surface area contributed by atoms with E-state index in [0.717, 1.165) is 38.3 Å². The SMILES string of the molecule is CC1CCCC(NC(=O)CCOC2CCNCC2)C1C. The molecule has 3 unspecified atom stereocenters. The fraction of sp³-hybridized carbons (Fsp3) is 0.938. The van der Waals surface area contributed by atoms with Crippen molar-refractivity contribution in [2.45, 2.75) is 64.5 Å². The number of rotatable bonds is 5. The molecule has 0 spiro atoms. The Morgan fingerprint density at radius 2 is 1.95 bits per heavy atom. The van der Waals surface area contributed by atoms with Crippen LogP contribution in [0.2, 0.25) is 0 Å². The maximum atomic E-state index is 12.0. The number of piperidine rings is 1. The zero-order valence-corrected chi connectivity index (χ0v) is 13.0. The average molecular weight is 282 g/mol. The lowest BCUT2D eigenvalue weighted by Crippen LogP contribution is -2.44. The van der Waals surface area contributed by atoms with Crippen molar-refractivity contribution in [3.63, 3.8) is 0 Å². The van der Waals surface area contributed by atoms with E-state index < -0.39 is 0 Å². The van der Waals surface area contributed by atoms with E-state index in [1.807, 2.05) is 0 Å². The maximum absolute atomic E-state index is 12.0. The van der Waals surface area contributed by atoms with Gasteiger partial charge in [0, 0.05) is 12.5 Å². The molecule has 0 bridgehead atoms. The number of carbonyl (C=O) groups excluding carboxylic acids is 1. The summed E-state index contributed by atoms with van der Waals surface area (Å²) in [4.78, 5) is 12.0. The molecule has 2 aliphatic rings. The van der Waals surface area contributed by atoms with Gasteiger partial charge in [-0.3, -0.25) is 4.79 Å². The first kappa shape index (κ1) is 15.8. The van der Waals surface area contributed by atoms with Gasteiger partial charge in [0.1, 0.15) is 0 Å². The summed E-state index contributed by atoms with van der Waals surface area (Å²) in [7, 11) is 0. The number of hydrogen-bond acceptors (Lipinski definition) is 3. The molecule has 4 nitrogen and oxygen atoms in total. The van der Waals surface area contributed by atoms with Gasteiger partial charge in [-0.2, -0.15) is 0 Å². The molecule has 4 heteroatoms. The van der Waals surface area contributed by atoms with E-state index >= 15 is 0 Å². The summed E-state index contributed by atoms with van der Waals surface area (Å²) in [6.07, 6.45) is 6.65. The highest BCUT2D eigenvalue weighted by atomic mass is 16.5. The minimum Gasteiger partial charge on any atom is -0.378 e. The van der Waals surface area contributed by atoms with Gasteiger partial charge in [-0.05, 0) is 44.2 Å². The van der Waals surface area contributed by atoms with Crippen molar-refractivity contribution in [1.29, 1.82) is 0 Å². The lowest BCUT2D eigenvalue weighted by Gasteiger charge is -2.34. The van der Waals surface area contributed by atoms with Gasteiger partial charge in [0.05, 0.1) is 12.7 Å². The third kappa shape index (κ3) is 4.74. The van der Waals surface area contributed by atoms with Crippen LogP contribution in [0.4, 0.5) is 0 Å². The van der Waals surface area contributed by atoms with Crippen LogP contribution in [-0.4, -0.2) is 37.7 Å². The van der Waals surface area contributed by atoms with E-state index in [1.165, 1.54) is 12.8 Å². The van der Waals surface area contributed by atoms with E-state index in [0.29, 0.717) is 31.1 Å². The molecule has 2 rings (SSSR count). The predicted molar refractivity (Wildman–Crippen MR) is 80.6 cm³/mol. The van der Waals surface area contributed by atoms with Gasteiger partial charge in [0.2, 0.25) is 5.91 Å². The van der Waals surface area contributed by atoms with E-state index in [4.69, 9.17) is 4.74 Å². The average Bonchev–Trinajstić information content (AvgIpc) is 2.45. The van der Waals surface area contributed by atoms with Crippen LogP contribution in [0.1, 0.15) is 52.4 Å². The second kappa shape index (κ2) is 7.99. The summed E-state index contributed by atoms with van der Waals surface area (Å²) in [6, 6.07) is 0.366. The first-order valence-corrected chi connectivity index (χ1v) is 8.28. The summed E-state index contributed by atoms with van der Waals surface area (Å²) in [5.74, 6) is 1.47. The molecule has 2 fully saturated rings. The van der Waals surface area contributed by atoms with Crippen molar-refractivity contribution < 1.29 is 9.53 Å². The zero-order chi connectivity index (χ0) is 14.4. The summed E-state index contributed by atoms with van der Waals surface area (Å²) >= 11 is 0. The molecule has 1 aliphatic heterocycles. The topological polar surface area (TPSA) is 50.4 Å². The van der Waals surface area contributed by atoms with Gasteiger partial charge in [0.15, 0.2) is 0 Å². The van der Waals surface area contributed by atoms with E-state index in [1.54, 1.807) is 0 Å². The van der Waals surface area contributed by atoms with Crippen LogP contribution in [0.15, 0.2) is 0 Å². The van der Waals surface area contributed by atoms with E-state index in [2.05, 4.69) is 24.5 Å². The number of amides is 1. The summed E-state index contributed by atoms with van der Waals surface area (Å²) in [5, 5.41) is 6.52. The van der Waals surface area contributed by atoms with Crippen molar-refractivity contribution in [2.24, 2.45) is 11.8 Å². The van der Waals surface area contributed by atoms with Crippen molar-refractivity contribution >= 4 is 5.91 Å². The number of carbonyl (C=O) groups is 1. The van der Waals surface area contributed by atoms with Crippen LogP contribution >= 0.6 is 0 Å². The van der Waals surface area contributed by atoms with Crippen molar-refractivity contribution in [3.8, 4) is 0 Å². The summed E-state index contributed by atoms with van der Waals surface area (Å²) in [5.41, 5.74) is 0. The molecule has 0 radical (unpaired) electrons. The Kier molecular flexibility index (Phi) is 6.30. The van der Waals surface area contributed by atoms with Crippen LogP contribution in [0.3, 0.4) is 0 Å². The maximum Gasteiger partial charge on any atom is 0.222 e. The minimum absolute atomic E-state index is 0.157. The fourth-order valence-corrected chi connectivity index (χ4v) is 3.35. The smallest absolute Gasteiger partial charge is 0.222 e. The first-order chi connectivity index (χ1) is 9.66. The van der Waals surface area contributed by atoms with Crippen LogP contribution in [0, 0.1) is 11.8 Å². The molecular weight excluding hydrogens is 252 g/mol. The molecule has 1 aliphatic carbocycles. The Morgan fingerprint density at radius 1 is 1.20 bits per heavy atom. The molecule has 1 amide bonds. The molecule has 116 valence electrons. The summed E-state index contributed by atoms with van der Waals surface area (Å²) < 4.78 is 5.79. The molecule has 1 heterocycles. The van der Waals surface area contributed by atoms with Gasteiger partial charge >= 0.3 is 0 Å². The van der Waals surface area contributed by atoms with Crippen molar-refractivity contribution in [2.75, 3.05) is 19.7 Å². The van der Waals surface area contributed by atoms with E-state index in [9.17, 15) is 4.79 Å². The molecule has 2 N–H and O–H groups in total. The van der Waals surface area contributed by atoms with Crippen molar-refractivity contribution in [1.82, 2.24) is 10.6 Å². The van der Waals surface area contributed by atoms with Crippen LogP contribution in [0.5, 0.6) is 0 Å². The predicted octanol–water partition coefficient (Wildman–Crippen LogP) is 2.09. The molecular formula is C16H30N2O2. The lowest BCUT2D eigenvalue weighted by atomic mass is 9.78. The van der Waals surface area contributed by atoms with Crippen LogP contribution in [0.25, 0.3) is 0 Å². The van der Waals surface area contributed by atoms with Gasteiger partial charge in [-0.15, -0.1) is 0 Å². The third-order valence-corrected chi connectivity index (χ3v) is 5.02. The Morgan fingerprint density at radius 3 is 2.70 bits per heavy atom. The highest BCUT2D eigenvalue weighted by Crippen LogP contribution is 2.29. The second-order valence-corrected chi connectivity index (χ2v) is 6.51. The van der Waals surface area contributed by atoms with Gasteiger partial charge in [-0.1, -0.05) is 26.7 Å². The monoisotopic (exact) mass is 282 g/mol. The Balaban J connectivity index is 1.62. The van der Waals surface area contributed by atoms with E-state index in [-0.39, 0.29) is 5.91 Å². The molecule has 0 aromatic rings. The Hall–Kier alpha value is -0.610. The number of nitrogens with one attached hydrogen (secondary N) is 2. The highest BCUT2D eigenvalue weighted by molar-refractivity contribution is 5.76. The third-order valence-electron chi connectivity index (χ3n) is 5.02. The standard InChI is InChI=1S/C16H30N2O2/c1-12-4-3-5-15(13(12)2)18-16(19)8-11-20-14-6-9-17-10-7-14/h12-15,17H,3-11H2,1-2H3,(H,18,19). The first-order valence-electron chi connectivity index (χ1n) is 8.28. The van der Waals surface area contributed by atoms with Crippen molar-refractivity contribution in [3.05, 3.63) is 0 Å². The molecule has 1 saturated heterocycles. The normalized spacial score (nSPS) is 32.0. The van der Waals surface area contributed by atoms with Gasteiger partial charge < -0.3 is 15.4 Å². The minimum atomic E-state index is 0.157. The zero-order valence-electron chi connectivity index (χ0n) is 13.0. The molecule has 1 saturated carbocycles. The number of ether oxygens (including phenoxy) is 1. The largest absolute Gasteiger partial charge is 0.378 e. The molecule has 0 aromatic heterocycles. The molecule has 0 aromatic carbocycles. The van der Waals surface area contributed by atoms with Gasteiger partial charge in [0.25, 0.3) is 0 Å². The fourth-order valence-electron chi connectivity index (χ4n) is 3.35. The number of hydrogen-bond donors (Lipinski definition) is 2. The Bertz CT molecular complexity index is 303. The van der Waals surface area contributed by atoms with Crippen LogP contribution in [-0.2, 0) is 9.53 Å². The lowest BCUT2D eigenvalue weighted by molar-refractivity contribution is -0.124. The van der Waals surface area contributed by atoms with Gasteiger partial charge in [-0.25, -0.2) is 0 Å². The Labute approximate surface area is 123 Å². The van der Waals surface area contributed by atoms with Crippen LogP contribution < -0.4 is 10.6 Å². The second-order valence-electron chi connectivity index (χ2n) is 6.51. The molecule has 20 heavy (non-hydrogen) atoms. The summed E-state index contributed by atoms with van der Waals surface area (Å²) in [6.45, 7) is 7.19. The highest BCUT2D eigenvalue weighted by Gasteiger charge is 2.27. The quantitative estimate of drug-likeness (QED) is 0.812. The molecule has 3 atom stereocenters.